The molecule has 3 heterocycles. The number of rotatable bonds is 6. The molecule has 1 aliphatic rings. The first-order chi connectivity index (χ1) is 14.5. The third kappa shape index (κ3) is 3.97. The number of hydrogen-bond acceptors (Lipinski definition) is 4. The van der Waals surface area contributed by atoms with Gasteiger partial charge in [-0.3, -0.25) is 14.4 Å². The number of nitrogens with one attached hydrogen (secondary N) is 1. The van der Waals surface area contributed by atoms with Gasteiger partial charge in [0.25, 0.3) is 5.91 Å². The normalized spacial score (nSPS) is 15.8. The lowest BCUT2D eigenvalue weighted by Gasteiger charge is -2.28. The molecule has 1 aromatic carbocycles. The Labute approximate surface area is 178 Å². The maximum absolute atomic E-state index is 13.4. The number of aromatic nitrogens is 3. The molecule has 6 heteroatoms. The molecule has 1 atom stereocenters. The van der Waals surface area contributed by atoms with E-state index >= 15 is 0 Å². The topological polar surface area (TPSA) is 63.1 Å². The molecule has 1 amide bonds. The lowest BCUT2D eigenvalue weighted by molar-refractivity contribution is 0.0939. The van der Waals surface area contributed by atoms with Crippen molar-refractivity contribution in [2.24, 2.45) is 7.05 Å². The van der Waals surface area contributed by atoms with E-state index in [9.17, 15) is 4.79 Å². The number of benzene rings is 1. The molecule has 0 unspecified atom stereocenters. The Morgan fingerprint density at radius 1 is 1.17 bits per heavy atom. The average molecular weight is 406 g/mol. The minimum Gasteiger partial charge on any atom is -0.350 e. The number of amides is 1. The second kappa shape index (κ2) is 8.56. The summed E-state index contributed by atoms with van der Waals surface area (Å²) in [7, 11) is 1.88. The van der Waals surface area contributed by atoms with E-state index in [1.165, 1.54) is 18.4 Å². The summed E-state index contributed by atoms with van der Waals surface area (Å²) in [5.41, 5.74) is 4.43. The van der Waals surface area contributed by atoms with E-state index in [2.05, 4.69) is 53.4 Å². The fourth-order valence-corrected chi connectivity index (χ4v) is 4.41. The average Bonchev–Trinajstić information content (AvgIpc) is 3.37. The first-order valence-corrected chi connectivity index (χ1v) is 10.9. The minimum atomic E-state index is -0.0551. The van der Waals surface area contributed by atoms with E-state index in [0.29, 0.717) is 12.1 Å². The van der Waals surface area contributed by atoms with E-state index in [4.69, 9.17) is 4.98 Å². The maximum atomic E-state index is 13.4. The van der Waals surface area contributed by atoms with Crippen LogP contribution in [0.3, 0.4) is 0 Å². The third-order valence-electron chi connectivity index (χ3n) is 6.05. The molecule has 1 N–H and O–H groups in total. The molecule has 6 nitrogen and oxygen atoms in total. The zero-order chi connectivity index (χ0) is 21.3. The van der Waals surface area contributed by atoms with Crippen LogP contribution in [0.1, 0.15) is 66.0 Å². The second-order valence-electron chi connectivity index (χ2n) is 8.54. The van der Waals surface area contributed by atoms with Gasteiger partial charge in [-0.05, 0) is 50.4 Å². The first kappa shape index (κ1) is 20.5. The monoisotopic (exact) mass is 405 g/mol. The summed E-state index contributed by atoms with van der Waals surface area (Å²) in [5, 5.41) is 8.57. The summed E-state index contributed by atoms with van der Waals surface area (Å²) in [4.78, 5) is 20.6. The summed E-state index contributed by atoms with van der Waals surface area (Å²) >= 11 is 0. The highest BCUT2D eigenvalue weighted by Crippen LogP contribution is 2.27. The zero-order valence-electron chi connectivity index (χ0n) is 18.4. The smallest absolute Gasteiger partial charge is 0.252 e. The number of carbonyl (C=O) groups excluding carboxylic acids is 1. The van der Waals surface area contributed by atoms with Crippen molar-refractivity contribution in [2.75, 3.05) is 19.6 Å². The van der Waals surface area contributed by atoms with Crippen molar-refractivity contribution in [1.82, 2.24) is 25.0 Å². The van der Waals surface area contributed by atoms with Crippen molar-refractivity contribution < 1.29 is 4.79 Å². The molecule has 30 heavy (non-hydrogen) atoms. The zero-order valence-corrected chi connectivity index (χ0v) is 18.4. The summed E-state index contributed by atoms with van der Waals surface area (Å²) in [5.74, 6) is 0.179. The molecular weight excluding hydrogens is 374 g/mol. The SMILES string of the molecule is Cc1nn(C)c2nc(C(C)C)cc(C(=O)NC[C@@H](c3ccccc3)N3CCCC3)c12. The molecule has 4 rings (SSSR count). The van der Waals surface area contributed by atoms with Crippen molar-refractivity contribution in [2.45, 2.75) is 45.6 Å². The van der Waals surface area contributed by atoms with Gasteiger partial charge in [0.2, 0.25) is 0 Å². The van der Waals surface area contributed by atoms with Gasteiger partial charge >= 0.3 is 0 Å². The third-order valence-corrected chi connectivity index (χ3v) is 6.05. The summed E-state index contributed by atoms with van der Waals surface area (Å²) in [6.45, 7) is 8.87. The van der Waals surface area contributed by atoms with Gasteiger partial charge in [0, 0.05) is 19.3 Å². The standard InChI is InChI=1S/C24H31N5O/c1-16(2)20-14-19(22-17(3)27-28(4)23(22)26-20)24(30)25-15-21(29-12-8-9-13-29)18-10-6-5-7-11-18/h5-7,10-11,14,16,21H,8-9,12-13,15H2,1-4H3,(H,25,30)/t21-/m0/s1. The molecule has 1 aliphatic heterocycles. The Morgan fingerprint density at radius 2 is 1.87 bits per heavy atom. The lowest BCUT2D eigenvalue weighted by atomic mass is 10.0. The molecular formula is C24H31N5O. The van der Waals surface area contributed by atoms with E-state index in [0.717, 1.165) is 35.5 Å². The number of aryl methyl sites for hydroxylation is 2. The van der Waals surface area contributed by atoms with Crippen LogP contribution in [0.5, 0.6) is 0 Å². The lowest BCUT2D eigenvalue weighted by Crippen LogP contribution is -2.37. The van der Waals surface area contributed by atoms with Crippen LogP contribution in [0, 0.1) is 6.92 Å². The van der Waals surface area contributed by atoms with Crippen LogP contribution in [0.25, 0.3) is 11.0 Å². The summed E-state index contributed by atoms with van der Waals surface area (Å²) in [6, 6.07) is 12.6. The van der Waals surface area contributed by atoms with E-state index in [1.807, 2.05) is 26.1 Å². The largest absolute Gasteiger partial charge is 0.350 e. The Balaban J connectivity index is 1.63. The van der Waals surface area contributed by atoms with Gasteiger partial charge < -0.3 is 5.32 Å². The molecule has 0 bridgehead atoms. The molecule has 0 saturated carbocycles. The molecule has 2 aromatic heterocycles. The van der Waals surface area contributed by atoms with Crippen LogP contribution in [0.15, 0.2) is 36.4 Å². The summed E-state index contributed by atoms with van der Waals surface area (Å²) < 4.78 is 1.77. The van der Waals surface area contributed by atoms with Gasteiger partial charge in [0.05, 0.1) is 22.7 Å². The van der Waals surface area contributed by atoms with E-state index in [1.54, 1.807) is 4.68 Å². The highest BCUT2D eigenvalue weighted by atomic mass is 16.1. The van der Waals surface area contributed by atoms with Crippen LogP contribution in [-0.2, 0) is 7.05 Å². The quantitative estimate of drug-likeness (QED) is 0.674. The molecule has 1 fully saturated rings. The fraction of sp³-hybridized carbons (Fsp3) is 0.458. The number of nitrogens with zero attached hydrogens (tertiary/aromatic N) is 4. The maximum Gasteiger partial charge on any atom is 0.252 e. The van der Waals surface area contributed by atoms with Crippen molar-refractivity contribution in [3.8, 4) is 0 Å². The number of carbonyl (C=O) groups is 1. The highest BCUT2D eigenvalue weighted by molar-refractivity contribution is 6.06. The van der Waals surface area contributed by atoms with Gasteiger partial charge in [-0.15, -0.1) is 0 Å². The predicted octanol–water partition coefficient (Wildman–Crippen LogP) is 3.97. The Kier molecular flexibility index (Phi) is 5.86. The van der Waals surface area contributed by atoms with Crippen LogP contribution in [0.2, 0.25) is 0 Å². The van der Waals surface area contributed by atoms with Crippen LogP contribution in [-0.4, -0.2) is 45.2 Å². The fourth-order valence-electron chi connectivity index (χ4n) is 4.41. The van der Waals surface area contributed by atoms with E-state index < -0.39 is 0 Å². The number of pyridine rings is 1. The summed E-state index contributed by atoms with van der Waals surface area (Å²) in [6.07, 6.45) is 2.43. The Hall–Kier alpha value is -2.73. The number of hydrogen-bond donors (Lipinski definition) is 1. The van der Waals surface area contributed by atoms with Gasteiger partial charge in [-0.25, -0.2) is 4.98 Å². The number of fused-ring (bicyclic) bond motifs is 1. The molecule has 0 radical (unpaired) electrons. The second-order valence-corrected chi connectivity index (χ2v) is 8.54. The van der Waals surface area contributed by atoms with E-state index in [-0.39, 0.29) is 17.9 Å². The van der Waals surface area contributed by atoms with Crippen LogP contribution in [0.4, 0.5) is 0 Å². The number of likely N-dealkylation sites (tertiary alicyclic amines) is 1. The van der Waals surface area contributed by atoms with Crippen molar-refractivity contribution >= 4 is 16.9 Å². The van der Waals surface area contributed by atoms with Crippen molar-refractivity contribution in [3.63, 3.8) is 0 Å². The van der Waals surface area contributed by atoms with Gasteiger partial charge in [0.15, 0.2) is 5.65 Å². The van der Waals surface area contributed by atoms with Crippen molar-refractivity contribution in [1.29, 1.82) is 0 Å². The first-order valence-electron chi connectivity index (χ1n) is 10.9. The molecule has 0 aliphatic carbocycles. The predicted molar refractivity (Wildman–Crippen MR) is 120 cm³/mol. The molecule has 3 aromatic rings. The molecule has 158 valence electrons. The van der Waals surface area contributed by atoms with Crippen molar-refractivity contribution in [3.05, 3.63) is 58.9 Å². The van der Waals surface area contributed by atoms with Crippen LogP contribution >= 0.6 is 0 Å². The van der Waals surface area contributed by atoms with Gasteiger partial charge in [0.1, 0.15) is 0 Å². The highest BCUT2D eigenvalue weighted by Gasteiger charge is 2.25. The Morgan fingerprint density at radius 3 is 2.53 bits per heavy atom. The van der Waals surface area contributed by atoms with Crippen LogP contribution < -0.4 is 5.32 Å². The van der Waals surface area contributed by atoms with Gasteiger partial charge in [-0.1, -0.05) is 44.2 Å². The minimum absolute atomic E-state index is 0.0551. The van der Waals surface area contributed by atoms with Gasteiger partial charge in [-0.2, -0.15) is 5.10 Å². The molecule has 0 spiro atoms. The Bertz CT molecular complexity index is 1030. The molecule has 1 saturated heterocycles.